The maximum absolute atomic E-state index is 11.3. The molecule has 0 heterocycles. The average molecular weight is 344 g/mol. The molecule has 5 nitrogen and oxygen atoms in total. The third-order valence-corrected chi connectivity index (χ3v) is 5.28. The predicted octanol–water partition coefficient (Wildman–Crippen LogP) is 2.11. The van der Waals surface area contributed by atoms with Crippen LogP contribution in [-0.4, -0.2) is 44.2 Å². The van der Waals surface area contributed by atoms with Gasteiger partial charge in [-0.1, -0.05) is 42.5 Å². The minimum atomic E-state index is -1.95. The lowest BCUT2D eigenvalue weighted by Crippen LogP contribution is -2.53. The summed E-state index contributed by atoms with van der Waals surface area (Å²) in [7, 11) is 0. The Morgan fingerprint density at radius 3 is 2.52 bits per heavy atom. The summed E-state index contributed by atoms with van der Waals surface area (Å²) in [5.74, 6) is -1.76. The second-order valence-electron chi connectivity index (χ2n) is 7.14. The Hall–Kier alpha value is -1.95. The highest BCUT2D eigenvalue weighted by molar-refractivity contribution is 5.83. The number of aliphatic hydroxyl groups excluding tert-OH is 2. The lowest BCUT2D eigenvalue weighted by molar-refractivity contribution is -0.179. The van der Waals surface area contributed by atoms with Crippen molar-refractivity contribution >= 4 is 16.7 Å². The fourth-order valence-electron chi connectivity index (χ4n) is 3.83. The molecule has 2 aromatic rings. The number of carbonyl (C=O) groups is 1. The number of carboxylic acid groups (broad SMARTS) is 1. The van der Waals surface area contributed by atoms with Crippen molar-refractivity contribution in [1.29, 1.82) is 0 Å². The monoisotopic (exact) mass is 344 g/mol. The van der Waals surface area contributed by atoms with Gasteiger partial charge in [-0.2, -0.15) is 0 Å². The maximum atomic E-state index is 11.3. The van der Waals surface area contributed by atoms with Crippen LogP contribution in [0.5, 0.6) is 0 Å². The van der Waals surface area contributed by atoms with Crippen molar-refractivity contribution in [3.63, 3.8) is 0 Å². The lowest BCUT2D eigenvalue weighted by atomic mass is 9.73. The van der Waals surface area contributed by atoms with Gasteiger partial charge in [-0.25, -0.2) is 4.79 Å². The second-order valence-corrected chi connectivity index (χ2v) is 7.14. The van der Waals surface area contributed by atoms with Crippen molar-refractivity contribution in [1.82, 2.24) is 0 Å². The van der Waals surface area contributed by atoms with E-state index in [0.717, 1.165) is 12.8 Å². The van der Waals surface area contributed by atoms with Gasteiger partial charge in [0.15, 0.2) is 5.60 Å². The first-order chi connectivity index (χ1) is 11.9. The Balaban J connectivity index is 1.62. The zero-order chi connectivity index (χ0) is 18.0. The quantitative estimate of drug-likeness (QED) is 0.666. The predicted molar refractivity (Wildman–Crippen MR) is 94.2 cm³/mol. The molecule has 3 rings (SSSR count). The topological polar surface area (TPSA) is 98.0 Å². The van der Waals surface area contributed by atoms with Gasteiger partial charge >= 0.3 is 5.97 Å². The van der Waals surface area contributed by atoms with Crippen molar-refractivity contribution in [2.24, 2.45) is 5.92 Å². The van der Waals surface area contributed by atoms with Crippen molar-refractivity contribution < 1.29 is 25.2 Å². The minimum Gasteiger partial charge on any atom is -0.479 e. The molecule has 0 saturated heterocycles. The molecular formula is C20H24O5. The molecule has 1 aliphatic rings. The number of hydrogen-bond acceptors (Lipinski definition) is 4. The van der Waals surface area contributed by atoms with E-state index in [1.807, 2.05) is 12.1 Å². The number of aryl methyl sites for hydroxylation is 1. The number of fused-ring (bicyclic) bond motifs is 1. The molecule has 1 aliphatic carbocycles. The summed E-state index contributed by atoms with van der Waals surface area (Å²) in [4.78, 5) is 11.3. The van der Waals surface area contributed by atoms with Crippen LogP contribution in [0.4, 0.5) is 0 Å². The van der Waals surface area contributed by atoms with Gasteiger partial charge in [-0.05, 0) is 47.9 Å². The Morgan fingerprint density at radius 1 is 1.08 bits per heavy atom. The fraction of sp³-hybridized carbons (Fsp3) is 0.450. The Morgan fingerprint density at radius 2 is 1.80 bits per heavy atom. The van der Waals surface area contributed by atoms with E-state index in [1.54, 1.807) is 0 Å². The number of carboxylic acids is 1. The number of benzene rings is 2. The third kappa shape index (κ3) is 3.84. The van der Waals surface area contributed by atoms with Crippen molar-refractivity contribution in [3.8, 4) is 0 Å². The summed E-state index contributed by atoms with van der Waals surface area (Å²) in [5.41, 5.74) is -0.773. The molecule has 0 bridgehead atoms. The molecule has 1 fully saturated rings. The van der Waals surface area contributed by atoms with E-state index in [9.17, 15) is 25.2 Å². The summed E-state index contributed by atoms with van der Waals surface area (Å²) in [6.07, 6.45) is -0.446. The van der Waals surface area contributed by atoms with Crippen LogP contribution in [0.15, 0.2) is 42.5 Å². The molecule has 0 radical (unpaired) electrons. The summed E-state index contributed by atoms with van der Waals surface area (Å²) in [5, 5.41) is 41.7. The smallest absolute Gasteiger partial charge is 0.335 e. The average Bonchev–Trinajstić information content (AvgIpc) is 2.59. The molecule has 2 aromatic carbocycles. The van der Waals surface area contributed by atoms with Crippen LogP contribution in [0.3, 0.4) is 0 Å². The molecule has 4 N–H and O–H groups in total. The molecule has 4 atom stereocenters. The normalized spacial score (nSPS) is 29.6. The first kappa shape index (κ1) is 17.9. The number of hydrogen-bond donors (Lipinski definition) is 4. The van der Waals surface area contributed by atoms with E-state index in [0.29, 0.717) is 6.42 Å². The summed E-state index contributed by atoms with van der Waals surface area (Å²) >= 11 is 0. The minimum absolute atomic E-state index is 0.0295. The van der Waals surface area contributed by atoms with Gasteiger partial charge in [0.2, 0.25) is 0 Å². The largest absolute Gasteiger partial charge is 0.479 e. The van der Waals surface area contributed by atoms with Crippen molar-refractivity contribution in [2.45, 2.75) is 49.9 Å². The Bertz CT molecular complexity index is 759. The molecule has 25 heavy (non-hydrogen) atoms. The zero-order valence-electron chi connectivity index (χ0n) is 14.0. The van der Waals surface area contributed by atoms with Crippen LogP contribution in [-0.2, 0) is 11.2 Å². The molecule has 0 aromatic heterocycles. The number of aliphatic carboxylic acids is 1. The van der Waals surface area contributed by atoms with E-state index in [-0.39, 0.29) is 12.8 Å². The van der Waals surface area contributed by atoms with Gasteiger partial charge in [0.25, 0.3) is 0 Å². The highest BCUT2D eigenvalue weighted by Gasteiger charge is 2.48. The molecule has 1 unspecified atom stereocenters. The Labute approximate surface area is 146 Å². The van der Waals surface area contributed by atoms with E-state index in [4.69, 9.17) is 0 Å². The molecule has 0 amide bonds. The standard InChI is InChI=1S/C20H24O5/c21-17-12-20(25,19(23)24)11-16(18(17)22)7-3-4-13-8-9-14-5-1-2-6-15(14)10-13/h1-2,5-6,8-10,16-18,21-22,25H,3-4,7,11-12H2,(H,23,24)/t16?,17-,18-,20+/m1/s1. The summed E-state index contributed by atoms with van der Waals surface area (Å²) < 4.78 is 0. The van der Waals surface area contributed by atoms with Crippen LogP contribution >= 0.6 is 0 Å². The van der Waals surface area contributed by atoms with E-state index in [2.05, 4.69) is 30.3 Å². The molecule has 5 heteroatoms. The highest BCUT2D eigenvalue weighted by atomic mass is 16.4. The van der Waals surface area contributed by atoms with Crippen LogP contribution in [0.1, 0.15) is 31.2 Å². The lowest BCUT2D eigenvalue weighted by Gasteiger charge is -2.40. The zero-order valence-corrected chi connectivity index (χ0v) is 14.0. The van der Waals surface area contributed by atoms with Crippen LogP contribution < -0.4 is 0 Å². The molecule has 0 aliphatic heterocycles. The first-order valence-corrected chi connectivity index (χ1v) is 8.69. The highest BCUT2D eigenvalue weighted by Crippen LogP contribution is 2.36. The third-order valence-electron chi connectivity index (χ3n) is 5.28. The van der Waals surface area contributed by atoms with E-state index in [1.165, 1.54) is 16.3 Å². The molecular weight excluding hydrogens is 320 g/mol. The molecule has 0 spiro atoms. The SMILES string of the molecule is O=C(O)[C@]1(O)CC(CCCc2ccc3ccccc3c2)[C@@H](O)[C@H](O)C1. The van der Waals surface area contributed by atoms with Gasteiger partial charge in [-0.15, -0.1) is 0 Å². The number of rotatable bonds is 5. The first-order valence-electron chi connectivity index (χ1n) is 8.69. The fourth-order valence-corrected chi connectivity index (χ4v) is 3.83. The summed E-state index contributed by atoms with van der Waals surface area (Å²) in [6, 6.07) is 14.4. The molecule has 1 saturated carbocycles. The van der Waals surface area contributed by atoms with Gasteiger partial charge in [0.05, 0.1) is 12.2 Å². The van der Waals surface area contributed by atoms with Crippen molar-refractivity contribution in [2.75, 3.05) is 0 Å². The maximum Gasteiger partial charge on any atom is 0.335 e. The Kier molecular flexibility index (Phi) is 5.08. The van der Waals surface area contributed by atoms with Gasteiger partial charge < -0.3 is 20.4 Å². The van der Waals surface area contributed by atoms with Crippen LogP contribution in [0, 0.1) is 5.92 Å². The van der Waals surface area contributed by atoms with Crippen LogP contribution in [0.2, 0.25) is 0 Å². The van der Waals surface area contributed by atoms with Gasteiger partial charge in [-0.3, -0.25) is 0 Å². The summed E-state index contributed by atoms with van der Waals surface area (Å²) in [6.45, 7) is 0. The number of aliphatic hydroxyl groups is 3. The van der Waals surface area contributed by atoms with Gasteiger partial charge in [0.1, 0.15) is 0 Å². The molecule has 134 valence electrons. The van der Waals surface area contributed by atoms with E-state index >= 15 is 0 Å². The van der Waals surface area contributed by atoms with Crippen molar-refractivity contribution in [3.05, 3.63) is 48.0 Å². The second kappa shape index (κ2) is 7.12. The van der Waals surface area contributed by atoms with Gasteiger partial charge in [0, 0.05) is 6.42 Å². The van der Waals surface area contributed by atoms with E-state index < -0.39 is 29.7 Å². The van der Waals surface area contributed by atoms with Crippen LogP contribution in [0.25, 0.3) is 10.8 Å².